The van der Waals surface area contributed by atoms with Crippen molar-refractivity contribution < 1.29 is 21.6 Å². The van der Waals surface area contributed by atoms with Gasteiger partial charge >= 0.3 is 0 Å². The van der Waals surface area contributed by atoms with Crippen molar-refractivity contribution in [2.75, 3.05) is 18.4 Å². The number of benzene rings is 2. The molecule has 10 heteroatoms. The summed E-state index contributed by atoms with van der Waals surface area (Å²) in [6.45, 7) is 5.57. The first kappa shape index (κ1) is 22.8. The highest BCUT2D eigenvalue weighted by Crippen LogP contribution is 2.15. The molecule has 0 bridgehead atoms. The number of amides is 1. The Morgan fingerprint density at radius 3 is 2.14 bits per heavy atom. The summed E-state index contributed by atoms with van der Waals surface area (Å²) in [6.07, 6.45) is 1.46. The van der Waals surface area contributed by atoms with Crippen molar-refractivity contribution >= 4 is 31.6 Å². The fraction of sp³-hybridized carbons (Fsp3) is 0.211. The van der Waals surface area contributed by atoms with Crippen molar-refractivity contribution in [2.24, 2.45) is 0 Å². The normalized spacial score (nSPS) is 11.8. The van der Waals surface area contributed by atoms with E-state index in [1.54, 1.807) is 31.2 Å². The number of carbonyl (C=O) groups excluding carboxylic acids is 1. The topological polar surface area (TPSA) is 121 Å². The van der Waals surface area contributed by atoms with Crippen LogP contribution < -0.4 is 14.8 Å². The van der Waals surface area contributed by atoms with Crippen LogP contribution in [0.25, 0.3) is 0 Å². The molecule has 0 heterocycles. The third-order valence-corrected chi connectivity index (χ3v) is 6.66. The lowest BCUT2D eigenvalue weighted by molar-refractivity contribution is 0.102. The van der Waals surface area contributed by atoms with E-state index >= 15 is 0 Å². The molecule has 0 saturated heterocycles. The zero-order valence-electron chi connectivity index (χ0n) is 15.9. The summed E-state index contributed by atoms with van der Waals surface area (Å²) in [6, 6.07) is 12.0. The van der Waals surface area contributed by atoms with Gasteiger partial charge in [-0.05, 0) is 42.0 Å². The molecule has 0 aliphatic heterocycles. The first-order valence-corrected chi connectivity index (χ1v) is 11.9. The third kappa shape index (κ3) is 6.79. The van der Waals surface area contributed by atoms with Crippen LogP contribution in [0.4, 0.5) is 5.69 Å². The highest BCUT2D eigenvalue weighted by atomic mass is 32.2. The number of nitrogens with one attached hydrogen (secondary N) is 3. The van der Waals surface area contributed by atoms with Gasteiger partial charge in [0.1, 0.15) is 0 Å². The van der Waals surface area contributed by atoms with E-state index in [2.05, 4.69) is 21.3 Å². The Morgan fingerprint density at radius 1 is 0.966 bits per heavy atom. The van der Waals surface area contributed by atoms with Crippen molar-refractivity contribution in [1.82, 2.24) is 9.44 Å². The SMILES string of the molecule is C=CCNS(=O)(=O)Cc1ccc(NC(=O)c2ccc(S(=O)(=O)NCC)cc2)cc1. The van der Waals surface area contributed by atoms with Crippen LogP contribution in [0, 0.1) is 0 Å². The quantitative estimate of drug-likeness (QED) is 0.490. The first-order chi connectivity index (χ1) is 13.7. The lowest BCUT2D eigenvalue weighted by Gasteiger charge is -2.09. The van der Waals surface area contributed by atoms with Crippen LogP contribution in [-0.4, -0.2) is 35.8 Å². The zero-order valence-corrected chi connectivity index (χ0v) is 17.5. The van der Waals surface area contributed by atoms with Gasteiger partial charge in [0.15, 0.2) is 0 Å². The summed E-state index contributed by atoms with van der Waals surface area (Å²) in [4.78, 5) is 12.4. The highest BCUT2D eigenvalue weighted by Gasteiger charge is 2.14. The first-order valence-electron chi connectivity index (χ1n) is 8.75. The summed E-state index contributed by atoms with van der Waals surface area (Å²) >= 11 is 0. The minimum atomic E-state index is -3.58. The maximum absolute atomic E-state index is 12.3. The number of hydrogen-bond acceptors (Lipinski definition) is 5. The average molecular weight is 438 g/mol. The largest absolute Gasteiger partial charge is 0.322 e. The third-order valence-electron chi connectivity index (χ3n) is 3.78. The van der Waals surface area contributed by atoms with Gasteiger partial charge in [-0.15, -0.1) is 6.58 Å². The Kier molecular flexibility index (Phi) is 7.68. The zero-order chi connectivity index (χ0) is 21.5. The van der Waals surface area contributed by atoms with Gasteiger partial charge in [-0.1, -0.05) is 25.1 Å². The second-order valence-corrected chi connectivity index (χ2v) is 9.65. The molecule has 156 valence electrons. The molecule has 2 rings (SSSR count). The van der Waals surface area contributed by atoms with Crippen molar-refractivity contribution in [2.45, 2.75) is 17.6 Å². The van der Waals surface area contributed by atoms with Crippen LogP contribution in [0.1, 0.15) is 22.8 Å². The highest BCUT2D eigenvalue weighted by molar-refractivity contribution is 7.89. The molecular weight excluding hydrogens is 414 g/mol. The van der Waals surface area contributed by atoms with Crippen LogP contribution in [0.3, 0.4) is 0 Å². The van der Waals surface area contributed by atoms with E-state index in [0.717, 1.165) is 0 Å². The molecule has 2 aromatic rings. The molecule has 3 N–H and O–H groups in total. The molecule has 0 aliphatic carbocycles. The maximum Gasteiger partial charge on any atom is 0.255 e. The van der Waals surface area contributed by atoms with E-state index in [0.29, 0.717) is 16.8 Å². The van der Waals surface area contributed by atoms with Gasteiger partial charge in [-0.3, -0.25) is 4.79 Å². The van der Waals surface area contributed by atoms with Gasteiger partial charge in [-0.2, -0.15) is 0 Å². The van der Waals surface area contributed by atoms with E-state index < -0.39 is 26.0 Å². The summed E-state index contributed by atoms with van der Waals surface area (Å²) < 4.78 is 52.4. The summed E-state index contributed by atoms with van der Waals surface area (Å²) in [5.74, 6) is -0.595. The average Bonchev–Trinajstić information content (AvgIpc) is 2.68. The van der Waals surface area contributed by atoms with Gasteiger partial charge in [0.05, 0.1) is 10.6 Å². The van der Waals surface area contributed by atoms with E-state index in [1.807, 2.05) is 0 Å². The monoisotopic (exact) mass is 437 g/mol. The number of carbonyl (C=O) groups is 1. The van der Waals surface area contributed by atoms with E-state index in [9.17, 15) is 21.6 Å². The predicted octanol–water partition coefficient (Wildman–Crippen LogP) is 1.84. The van der Waals surface area contributed by atoms with Gasteiger partial charge in [0, 0.05) is 24.3 Å². The maximum atomic E-state index is 12.3. The molecular formula is C19H23N3O5S2. The standard InChI is InChI=1S/C19H23N3O5S2/c1-3-13-21-28(24,25)14-15-5-9-17(10-6-15)22-19(23)16-7-11-18(12-8-16)29(26,27)20-4-2/h3,5-12,20-21H,1,4,13-14H2,2H3,(H,22,23). The second kappa shape index (κ2) is 9.79. The Labute approximate surface area is 171 Å². The second-order valence-electron chi connectivity index (χ2n) is 6.07. The Hall–Kier alpha value is -2.53. The van der Waals surface area contributed by atoms with Crippen LogP contribution >= 0.6 is 0 Å². The van der Waals surface area contributed by atoms with Gasteiger partial charge in [-0.25, -0.2) is 26.3 Å². The Bertz CT molecular complexity index is 1060. The van der Waals surface area contributed by atoms with Crippen LogP contribution in [-0.2, 0) is 25.8 Å². The molecule has 0 aromatic heterocycles. The molecule has 0 aliphatic rings. The van der Waals surface area contributed by atoms with Gasteiger partial charge in [0.2, 0.25) is 20.0 Å². The summed E-state index contributed by atoms with van der Waals surface area (Å²) in [5, 5.41) is 2.68. The molecule has 0 spiro atoms. The molecule has 0 unspecified atom stereocenters. The number of sulfonamides is 2. The number of hydrogen-bond donors (Lipinski definition) is 3. The van der Waals surface area contributed by atoms with E-state index in [1.165, 1.54) is 30.3 Å². The van der Waals surface area contributed by atoms with E-state index in [4.69, 9.17) is 0 Å². The molecule has 2 aromatic carbocycles. The van der Waals surface area contributed by atoms with Crippen LogP contribution in [0.15, 0.2) is 66.1 Å². The van der Waals surface area contributed by atoms with Crippen LogP contribution in [0.5, 0.6) is 0 Å². The van der Waals surface area contributed by atoms with Crippen molar-refractivity contribution in [3.63, 3.8) is 0 Å². The smallest absolute Gasteiger partial charge is 0.255 e. The molecule has 1 amide bonds. The van der Waals surface area contributed by atoms with Crippen molar-refractivity contribution in [3.8, 4) is 0 Å². The Balaban J connectivity index is 2.03. The fourth-order valence-electron chi connectivity index (χ4n) is 2.40. The predicted molar refractivity (Wildman–Crippen MR) is 113 cm³/mol. The van der Waals surface area contributed by atoms with Gasteiger partial charge in [0.25, 0.3) is 5.91 Å². The Morgan fingerprint density at radius 2 is 1.59 bits per heavy atom. The lowest BCUT2D eigenvalue weighted by atomic mass is 10.2. The lowest BCUT2D eigenvalue weighted by Crippen LogP contribution is -2.25. The minimum Gasteiger partial charge on any atom is -0.322 e. The molecule has 0 radical (unpaired) electrons. The molecule has 0 atom stereocenters. The molecule has 8 nitrogen and oxygen atoms in total. The minimum absolute atomic E-state index is 0.0755. The molecule has 0 fully saturated rings. The molecule has 0 saturated carbocycles. The van der Waals surface area contributed by atoms with Crippen molar-refractivity contribution in [1.29, 1.82) is 0 Å². The van der Waals surface area contributed by atoms with E-state index in [-0.39, 0.29) is 23.7 Å². The van der Waals surface area contributed by atoms with Crippen molar-refractivity contribution in [3.05, 3.63) is 72.3 Å². The fourth-order valence-corrected chi connectivity index (χ4v) is 4.55. The summed E-state index contributed by atoms with van der Waals surface area (Å²) in [7, 11) is -7.04. The van der Waals surface area contributed by atoms with Gasteiger partial charge < -0.3 is 5.32 Å². The van der Waals surface area contributed by atoms with Crippen LogP contribution in [0.2, 0.25) is 0 Å². The molecule has 29 heavy (non-hydrogen) atoms. The summed E-state index contributed by atoms with van der Waals surface area (Å²) in [5.41, 5.74) is 1.35. The number of rotatable bonds is 10. The number of anilines is 1.